The van der Waals surface area contributed by atoms with E-state index in [0.29, 0.717) is 12.3 Å². The summed E-state index contributed by atoms with van der Waals surface area (Å²) in [5.41, 5.74) is 6.14. The van der Waals surface area contributed by atoms with E-state index < -0.39 is 5.91 Å². The molecule has 146 valence electrons. The number of nitrogens with two attached hydrogens (primary N) is 1. The molecule has 0 spiro atoms. The number of primary amides is 1. The number of halogens is 1. The molecule has 7 heteroatoms. The summed E-state index contributed by atoms with van der Waals surface area (Å²) in [6.45, 7) is 1.47. The molecule has 0 radical (unpaired) electrons. The molecule has 0 atom stereocenters. The lowest BCUT2D eigenvalue weighted by Gasteiger charge is -2.14. The normalized spacial score (nSPS) is 14.6. The average molecular weight is 474 g/mol. The van der Waals surface area contributed by atoms with Crippen molar-refractivity contribution in [2.45, 2.75) is 45.1 Å². The highest BCUT2D eigenvalue weighted by atomic mass is 127. The van der Waals surface area contributed by atoms with Crippen LogP contribution in [0, 0.1) is 5.92 Å². The van der Waals surface area contributed by atoms with E-state index >= 15 is 0 Å². The van der Waals surface area contributed by atoms with Crippen LogP contribution in [0.5, 0.6) is 5.75 Å². The summed E-state index contributed by atoms with van der Waals surface area (Å²) >= 11 is 0. The fraction of sp³-hybridized carbons (Fsp3) is 0.579. The first-order valence-electron chi connectivity index (χ1n) is 9.12. The maximum absolute atomic E-state index is 10.8. The van der Waals surface area contributed by atoms with E-state index in [9.17, 15) is 4.79 Å². The zero-order chi connectivity index (χ0) is 17.9. The zero-order valence-electron chi connectivity index (χ0n) is 15.5. The van der Waals surface area contributed by atoms with E-state index in [4.69, 9.17) is 10.5 Å². The minimum absolute atomic E-state index is 0. The van der Waals surface area contributed by atoms with Crippen molar-refractivity contribution < 1.29 is 9.53 Å². The number of carbonyl (C=O) groups excluding carboxylic acids is 1. The number of rotatable bonds is 9. The Bertz CT molecular complexity index is 574. The first kappa shape index (κ1) is 22.5. The van der Waals surface area contributed by atoms with Gasteiger partial charge in [-0.05, 0) is 36.5 Å². The summed E-state index contributed by atoms with van der Waals surface area (Å²) < 4.78 is 5.32. The van der Waals surface area contributed by atoms with Crippen LogP contribution in [0.15, 0.2) is 29.3 Å². The second kappa shape index (κ2) is 12.8. The fourth-order valence-corrected chi connectivity index (χ4v) is 3.20. The smallest absolute Gasteiger partial charge is 0.255 e. The average Bonchev–Trinajstić information content (AvgIpc) is 3.13. The monoisotopic (exact) mass is 474 g/mol. The van der Waals surface area contributed by atoms with Gasteiger partial charge in [-0.15, -0.1) is 24.0 Å². The number of amides is 1. The standard InChI is InChI=1S/C19H30N4O2.HI/c1-21-19(22-11-5-9-15-6-2-3-7-15)23-13-16-8-4-10-17(12-16)25-14-18(20)24;/h4,8,10,12,15H,2-3,5-7,9,11,13-14H2,1H3,(H2,20,24)(H2,21,22,23);1H. The van der Waals surface area contributed by atoms with Crippen LogP contribution in [-0.2, 0) is 11.3 Å². The molecule has 26 heavy (non-hydrogen) atoms. The highest BCUT2D eigenvalue weighted by molar-refractivity contribution is 14.0. The Morgan fingerprint density at radius 3 is 2.77 bits per heavy atom. The second-order valence-corrected chi connectivity index (χ2v) is 6.55. The van der Waals surface area contributed by atoms with Crippen molar-refractivity contribution in [2.24, 2.45) is 16.6 Å². The summed E-state index contributed by atoms with van der Waals surface area (Å²) in [6.07, 6.45) is 8.11. The number of benzene rings is 1. The van der Waals surface area contributed by atoms with Crippen molar-refractivity contribution in [3.8, 4) is 5.75 Å². The maximum Gasteiger partial charge on any atom is 0.255 e. The van der Waals surface area contributed by atoms with E-state index in [1.165, 1.54) is 38.5 Å². The van der Waals surface area contributed by atoms with Gasteiger partial charge < -0.3 is 21.1 Å². The number of guanidine groups is 1. The summed E-state index contributed by atoms with van der Waals surface area (Å²) in [7, 11) is 1.78. The molecule has 1 amide bonds. The summed E-state index contributed by atoms with van der Waals surface area (Å²) in [4.78, 5) is 15.0. The first-order chi connectivity index (χ1) is 12.2. The number of nitrogens with zero attached hydrogens (tertiary/aromatic N) is 1. The maximum atomic E-state index is 10.8. The van der Waals surface area contributed by atoms with E-state index in [-0.39, 0.29) is 30.6 Å². The van der Waals surface area contributed by atoms with Crippen molar-refractivity contribution in [3.05, 3.63) is 29.8 Å². The predicted molar refractivity (Wildman–Crippen MR) is 116 cm³/mol. The molecular formula is C19H31IN4O2. The Balaban J connectivity index is 0.00000338. The summed E-state index contributed by atoms with van der Waals surface area (Å²) in [5.74, 6) is 1.89. The Hall–Kier alpha value is -1.51. The molecule has 4 N–H and O–H groups in total. The molecular weight excluding hydrogens is 443 g/mol. The largest absolute Gasteiger partial charge is 0.484 e. The number of nitrogens with one attached hydrogen (secondary N) is 2. The zero-order valence-corrected chi connectivity index (χ0v) is 17.8. The number of ether oxygens (including phenoxy) is 1. The molecule has 0 unspecified atom stereocenters. The van der Waals surface area contributed by atoms with Crippen molar-refractivity contribution >= 4 is 35.8 Å². The van der Waals surface area contributed by atoms with Crippen molar-refractivity contribution in [2.75, 3.05) is 20.2 Å². The van der Waals surface area contributed by atoms with Gasteiger partial charge in [0, 0.05) is 20.1 Å². The molecule has 1 aromatic rings. The number of hydrogen-bond donors (Lipinski definition) is 3. The van der Waals surface area contributed by atoms with E-state index in [1.54, 1.807) is 7.05 Å². The SMILES string of the molecule is CN=C(NCCCC1CCCC1)NCc1cccc(OCC(N)=O)c1.I. The third kappa shape index (κ3) is 8.73. The highest BCUT2D eigenvalue weighted by Crippen LogP contribution is 2.28. The van der Waals surface area contributed by atoms with Crippen LogP contribution in [0.3, 0.4) is 0 Å². The van der Waals surface area contributed by atoms with Gasteiger partial charge in [-0.1, -0.05) is 37.8 Å². The van der Waals surface area contributed by atoms with Gasteiger partial charge in [0.25, 0.3) is 5.91 Å². The summed E-state index contributed by atoms with van der Waals surface area (Å²) in [5, 5.41) is 6.66. The molecule has 1 saturated carbocycles. The number of aliphatic imine (C=N–C) groups is 1. The fourth-order valence-electron chi connectivity index (χ4n) is 3.20. The molecule has 0 aliphatic heterocycles. The lowest BCUT2D eigenvalue weighted by Crippen LogP contribution is -2.37. The lowest BCUT2D eigenvalue weighted by molar-refractivity contribution is -0.119. The first-order valence-corrected chi connectivity index (χ1v) is 9.12. The molecule has 0 aromatic heterocycles. The van der Waals surface area contributed by atoms with E-state index in [1.807, 2.05) is 24.3 Å². The van der Waals surface area contributed by atoms with Crippen molar-refractivity contribution in [3.63, 3.8) is 0 Å². The molecule has 1 aromatic carbocycles. The van der Waals surface area contributed by atoms with Crippen LogP contribution in [0.2, 0.25) is 0 Å². The predicted octanol–water partition coefficient (Wildman–Crippen LogP) is 2.80. The van der Waals surface area contributed by atoms with Crippen LogP contribution in [0.4, 0.5) is 0 Å². The van der Waals surface area contributed by atoms with Crippen molar-refractivity contribution in [1.29, 1.82) is 0 Å². The molecule has 2 rings (SSSR count). The third-order valence-electron chi connectivity index (χ3n) is 4.52. The topological polar surface area (TPSA) is 88.7 Å². The van der Waals surface area contributed by atoms with Gasteiger partial charge in [-0.2, -0.15) is 0 Å². The van der Waals surface area contributed by atoms with Crippen molar-refractivity contribution in [1.82, 2.24) is 10.6 Å². The Morgan fingerprint density at radius 2 is 2.08 bits per heavy atom. The molecule has 0 saturated heterocycles. The minimum Gasteiger partial charge on any atom is -0.484 e. The molecule has 0 heterocycles. The van der Waals surface area contributed by atoms with Gasteiger partial charge in [-0.3, -0.25) is 9.79 Å². The number of hydrogen-bond acceptors (Lipinski definition) is 3. The molecule has 1 aliphatic rings. The van der Waals surface area contributed by atoms with Gasteiger partial charge in [0.1, 0.15) is 5.75 Å². The van der Waals surface area contributed by atoms with E-state index in [0.717, 1.165) is 24.0 Å². The molecule has 1 fully saturated rings. The minimum atomic E-state index is -0.481. The van der Waals surface area contributed by atoms with Crippen LogP contribution >= 0.6 is 24.0 Å². The van der Waals surface area contributed by atoms with Crippen LogP contribution in [-0.4, -0.2) is 32.1 Å². The highest BCUT2D eigenvalue weighted by Gasteiger charge is 2.13. The van der Waals surface area contributed by atoms with Crippen LogP contribution in [0.25, 0.3) is 0 Å². The van der Waals surface area contributed by atoms with Gasteiger partial charge in [0.15, 0.2) is 12.6 Å². The number of carbonyl (C=O) groups is 1. The second-order valence-electron chi connectivity index (χ2n) is 6.55. The molecule has 6 nitrogen and oxygen atoms in total. The third-order valence-corrected chi connectivity index (χ3v) is 4.52. The Morgan fingerprint density at radius 1 is 1.31 bits per heavy atom. The van der Waals surface area contributed by atoms with Crippen LogP contribution in [0.1, 0.15) is 44.1 Å². The van der Waals surface area contributed by atoms with Gasteiger partial charge >= 0.3 is 0 Å². The summed E-state index contributed by atoms with van der Waals surface area (Å²) in [6, 6.07) is 7.59. The lowest BCUT2D eigenvalue weighted by atomic mass is 10.0. The van der Waals surface area contributed by atoms with Gasteiger partial charge in [0.2, 0.25) is 0 Å². The molecule has 0 bridgehead atoms. The molecule has 1 aliphatic carbocycles. The van der Waals surface area contributed by atoms with Gasteiger partial charge in [0.05, 0.1) is 0 Å². The quantitative estimate of drug-likeness (QED) is 0.222. The van der Waals surface area contributed by atoms with E-state index in [2.05, 4.69) is 15.6 Å². The van der Waals surface area contributed by atoms with Gasteiger partial charge in [-0.25, -0.2) is 0 Å². The Labute approximate surface area is 173 Å². The van der Waals surface area contributed by atoms with Crippen LogP contribution < -0.4 is 21.1 Å². The Kier molecular flexibility index (Phi) is 11.1.